The van der Waals surface area contributed by atoms with Crippen LogP contribution in [0.1, 0.15) is 46.4 Å². The van der Waals surface area contributed by atoms with Gasteiger partial charge in [-0.3, -0.25) is 4.79 Å². The van der Waals surface area contributed by atoms with E-state index in [0.29, 0.717) is 30.3 Å². The highest BCUT2D eigenvalue weighted by molar-refractivity contribution is 5.95. The Hall–Kier alpha value is -2.49. The average molecular weight is 325 g/mol. The summed E-state index contributed by atoms with van der Waals surface area (Å²) >= 11 is 0. The zero-order chi connectivity index (χ0) is 17.1. The van der Waals surface area contributed by atoms with Gasteiger partial charge in [0.25, 0.3) is 5.91 Å². The molecule has 0 aromatic heterocycles. The summed E-state index contributed by atoms with van der Waals surface area (Å²) in [6.07, 6.45) is 0.834. The fourth-order valence-electron chi connectivity index (χ4n) is 3.04. The van der Waals surface area contributed by atoms with Gasteiger partial charge in [-0.1, -0.05) is 30.7 Å². The van der Waals surface area contributed by atoms with Crippen LogP contribution in [0.25, 0.3) is 0 Å². The Morgan fingerprint density at radius 1 is 1.08 bits per heavy atom. The molecule has 1 heterocycles. The minimum atomic E-state index is -0.0983. The van der Waals surface area contributed by atoms with Crippen LogP contribution >= 0.6 is 0 Å². The summed E-state index contributed by atoms with van der Waals surface area (Å²) in [5.74, 6) is 1.23. The Kier molecular flexibility index (Phi) is 4.74. The Balaban J connectivity index is 1.79. The standard InChI is InChI=1S/C20H23NO3/c1-4-17(16-7-5-13(2)11-14(16)3)21-20(22)15-6-8-18-19(12-15)24-10-9-23-18/h5-8,11-12,17H,4,9-10H2,1-3H3,(H,21,22). The summed E-state index contributed by atoms with van der Waals surface area (Å²) < 4.78 is 11.1. The molecule has 0 saturated heterocycles. The van der Waals surface area contributed by atoms with Gasteiger partial charge in [0.15, 0.2) is 11.5 Å². The molecule has 2 aromatic rings. The van der Waals surface area contributed by atoms with Crippen molar-refractivity contribution in [3.8, 4) is 11.5 Å². The maximum absolute atomic E-state index is 12.6. The van der Waals surface area contributed by atoms with E-state index < -0.39 is 0 Å². The maximum Gasteiger partial charge on any atom is 0.251 e. The second-order valence-corrected chi connectivity index (χ2v) is 6.15. The van der Waals surface area contributed by atoms with Gasteiger partial charge in [-0.2, -0.15) is 0 Å². The van der Waals surface area contributed by atoms with E-state index in [1.807, 2.05) is 0 Å². The minimum absolute atomic E-state index is 0.00805. The number of hydrogen-bond donors (Lipinski definition) is 1. The van der Waals surface area contributed by atoms with E-state index in [-0.39, 0.29) is 11.9 Å². The van der Waals surface area contributed by atoms with Crippen molar-refractivity contribution in [1.29, 1.82) is 0 Å². The number of hydrogen-bond acceptors (Lipinski definition) is 3. The second-order valence-electron chi connectivity index (χ2n) is 6.15. The first-order valence-electron chi connectivity index (χ1n) is 8.36. The first-order chi connectivity index (χ1) is 11.6. The van der Waals surface area contributed by atoms with E-state index in [0.717, 1.165) is 12.0 Å². The van der Waals surface area contributed by atoms with Crippen LogP contribution in [0.3, 0.4) is 0 Å². The van der Waals surface area contributed by atoms with Crippen LogP contribution in [0.5, 0.6) is 11.5 Å². The van der Waals surface area contributed by atoms with Crippen LogP contribution in [0.2, 0.25) is 0 Å². The lowest BCUT2D eigenvalue weighted by Crippen LogP contribution is -2.29. The Labute approximate surface area is 142 Å². The van der Waals surface area contributed by atoms with Crippen molar-refractivity contribution in [3.63, 3.8) is 0 Å². The van der Waals surface area contributed by atoms with Crippen LogP contribution < -0.4 is 14.8 Å². The quantitative estimate of drug-likeness (QED) is 0.926. The largest absolute Gasteiger partial charge is 0.486 e. The Morgan fingerprint density at radius 2 is 1.83 bits per heavy atom. The lowest BCUT2D eigenvalue weighted by Gasteiger charge is -2.21. The number of aryl methyl sites for hydroxylation is 2. The molecule has 0 saturated carbocycles. The summed E-state index contributed by atoms with van der Waals surface area (Å²) in [5.41, 5.74) is 4.17. The van der Waals surface area contributed by atoms with Crippen molar-refractivity contribution in [2.24, 2.45) is 0 Å². The van der Waals surface area contributed by atoms with Crippen molar-refractivity contribution in [3.05, 3.63) is 58.7 Å². The summed E-state index contributed by atoms with van der Waals surface area (Å²) in [6, 6.07) is 11.6. The molecule has 0 aliphatic carbocycles. The number of ether oxygens (including phenoxy) is 2. The van der Waals surface area contributed by atoms with E-state index >= 15 is 0 Å². The van der Waals surface area contributed by atoms with Crippen LogP contribution in [-0.2, 0) is 0 Å². The van der Waals surface area contributed by atoms with Gasteiger partial charge in [-0.15, -0.1) is 0 Å². The highest BCUT2D eigenvalue weighted by Crippen LogP contribution is 2.31. The SMILES string of the molecule is CCC(NC(=O)c1ccc2c(c1)OCCO2)c1ccc(C)cc1C. The van der Waals surface area contributed by atoms with E-state index in [1.165, 1.54) is 11.1 Å². The van der Waals surface area contributed by atoms with Crippen LogP contribution in [0, 0.1) is 13.8 Å². The molecule has 0 fully saturated rings. The topological polar surface area (TPSA) is 47.6 Å². The molecule has 1 amide bonds. The van der Waals surface area contributed by atoms with Gasteiger partial charge >= 0.3 is 0 Å². The third-order valence-electron chi connectivity index (χ3n) is 4.32. The normalized spacial score (nSPS) is 14.1. The molecule has 0 radical (unpaired) electrons. The van der Waals surface area contributed by atoms with E-state index in [1.54, 1.807) is 18.2 Å². The van der Waals surface area contributed by atoms with Crippen molar-refractivity contribution in [2.45, 2.75) is 33.2 Å². The monoisotopic (exact) mass is 325 g/mol. The van der Waals surface area contributed by atoms with Crippen LogP contribution in [0.4, 0.5) is 0 Å². The van der Waals surface area contributed by atoms with Crippen molar-refractivity contribution >= 4 is 5.91 Å². The molecule has 3 rings (SSSR count). The lowest BCUT2D eigenvalue weighted by molar-refractivity contribution is 0.0934. The zero-order valence-electron chi connectivity index (χ0n) is 14.4. The summed E-state index contributed by atoms with van der Waals surface area (Å²) in [5, 5.41) is 3.13. The molecule has 2 aromatic carbocycles. The number of fused-ring (bicyclic) bond motifs is 1. The summed E-state index contributed by atoms with van der Waals surface area (Å²) in [6.45, 7) is 7.29. The fraction of sp³-hybridized carbons (Fsp3) is 0.350. The van der Waals surface area contributed by atoms with Gasteiger partial charge in [0.05, 0.1) is 6.04 Å². The molecule has 1 unspecified atom stereocenters. The highest BCUT2D eigenvalue weighted by atomic mass is 16.6. The molecular weight excluding hydrogens is 302 g/mol. The number of benzene rings is 2. The van der Waals surface area contributed by atoms with E-state index in [2.05, 4.69) is 44.3 Å². The third kappa shape index (κ3) is 3.37. The van der Waals surface area contributed by atoms with Gasteiger partial charge in [-0.05, 0) is 49.6 Å². The third-order valence-corrected chi connectivity index (χ3v) is 4.32. The van der Waals surface area contributed by atoms with E-state index in [9.17, 15) is 4.79 Å². The smallest absolute Gasteiger partial charge is 0.251 e. The van der Waals surface area contributed by atoms with Crippen molar-refractivity contribution < 1.29 is 14.3 Å². The maximum atomic E-state index is 12.6. The highest BCUT2D eigenvalue weighted by Gasteiger charge is 2.18. The molecule has 1 atom stereocenters. The molecule has 24 heavy (non-hydrogen) atoms. The van der Waals surface area contributed by atoms with Gasteiger partial charge in [-0.25, -0.2) is 0 Å². The number of carbonyl (C=O) groups excluding carboxylic acids is 1. The van der Waals surface area contributed by atoms with Crippen molar-refractivity contribution in [2.75, 3.05) is 13.2 Å². The van der Waals surface area contributed by atoms with Gasteiger partial charge in [0, 0.05) is 5.56 Å². The molecule has 4 nitrogen and oxygen atoms in total. The van der Waals surface area contributed by atoms with E-state index in [4.69, 9.17) is 9.47 Å². The first kappa shape index (κ1) is 16.4. The number of amides is 1. The van der Waals surface area contributed by atoms with Crippen LogP contribution in [0.15, 0.2) is 36.4 Å². The fourth-order valence-corrected chi connectivity index (χ4v) is 3.04. The molecule has 0 spiro atoms. The minimum Gasteiger partial charge on any atom is -0.486 e. The molecule has 1 N–H and O–H groups in total. The summed E-state index contributed by atoms with van der Waals surface area (Å²) in [4.78, 5) is 12.6. The average Bonchev–Trinajstić information content (AvgIpc) is 2.59. The second kappa shape index (κ2) is 6.95. The molecule has 1 aliphatic rings. The predicted octanol–water partition coefficient (Wildman–Crippen LogP) is 3.96. The first-order valence-corrected chi connectivity index (χ1v) is 8.36. The Bertz CT molecular complexity index is 755. The molecule has 1 aliphatic heterocycles. The van der Waals surface area contributed by atoms with Crippen LogP contribution in [-0.4, -0.2) is 19.1 Å². The number of carbonyl (C=O) groups is 1. The van der Waals surface area contributed by atoms with Gasteiger partial charge in [0.2, 0.25) is 0 Å². The van der Waals surface area contributed by atoms with Crippen molar-refractivity contribution in [1.82, 2.24) is 5.32 Å². The predicted molar refractivity (Wildman–Crippen MR) is 93.8 cm³/mol. The lowest BCUT2D eigenvalue weighted by atomic mass is 9.97. The van der Waals surface area contributed by atoms with Gasteiger partial charge < -0.3 is 14.8 Å². The zero-order valence-corrected chi connectivity index (χ0v) is 14.4. The molecule has 126 valence electrons. The molecule has 0 bridgehead atoms. The molecular formula is C20H23NO3. The van der Waals surface area contributed by atoms with Gasteiger partial charge in [0.1, 0.15) is 13.2 Å². The number of rotatable bonds is 4. The molecule has 4 heteroatoms. The number of nitrogens with one attached hydrogen (secondary N) is 1. The summed E-state index contributed by atoms with van der Waals surface area (Å²) in [7, 11) is 0. The Morgan fingerprint density at radius 3 is 2.54 bits per heavy atom.